The third-order valence-electron chi connectivity index (χ3n) is 3.98. The van der Waals surface area contributed by atoms with Crippen LogP contribution in [-0.4, -0.2) is 23.3 Å². The summed E-state index contributed by atoms with van der Waals surface area (Å²) in [6, 6.07) is 7.68. The number of urea groups is 1. The molecule has 0 aromatic heterocycles. The van der Waals surface area contributed by atoms with Crippen LogP contribution in [0.1, 0.15) is 38.3 Å². The van der Waals surface area contributed by atoms with E-state index in [2.05, 4.69) is 10.6 Å². The zero-order chi connectivity index (χ0) is 15.2. The van der Waals surface area contributed by atoms with Crippen molar-refractivity contribution >= 4 is 6.03 Å². The van der Waals surface area contributed by atoms with E-state index in [0.29, 0.717) is 6.54 Å². The highest BCUT2D eigenvalue weighted by molar-refractivity contribution is 5.73. The molecule has 112 valence electrons. The van der Waals surface area contributed by atoms with Crippen LogP contribution in [0.15, 0.2) is 24.3 Å². The fourth-order valence-electron chi connectivity index (χ4n) is 1.92. The van der Waals surface area contributed by atoms with Crippen LogP contribution in [0.3, 0.4) is 0 Å². The quantitative estimate of drug-likeness (QED) is 0.749. The molecule has 20 heavy (non-hydrogen) atoms. The first-order valence-electron chi connectivity index (χ1n) is 7.15. The van der Waals surface area contributed by atoms with E-state index in [9.17, 15) is 9.90 Å². The summed E-state index contributed by atoms with van der Waals surface area (Å²) in [5.74, 6) is 0.138. The van der Waals surface area contributed by atoms with E-state index >= 15 is 0 Å². The largest absolute Gasteiger partial charge is 0.388 e. The van der Waals surface area contributed by atoms with Crippen LogP contribution in [-0.2, 0) is 6.54 Å². The molecule has 2 unspecified atom stereocenters. The molecule has 0 bridgehead atoms. The lowest BCUT2D eigenvalue weighted by atomic mass is 9.89. The van der Waals surface area contributed by atoms with Crippen molar-refractivity contribution in [2.24, 2.45) is 5.92 Å². The lowest BCUT2D eigenvalue weighted by Crippen LogP contribution is -2.47. The molecule has 4 nitrogen and oxygen atoms in total. The van der Waals surface area contributed by atoms with Gasteiger partial charge in [-0.1, -0.05) is 44.5 Å². The van der Waals surface area contributed by atoms with Gasteiger partial charge in [0.05, 0.1) is 5.60 Å². The van der Waals surface area contributed by atoms with Crippen LogP contribution in [0.25, 0.3) is 0 Å². The van der Waals surface area contributed by atoms with E-state index in [0.717, 1.165) is 17.5 Å². The Morgan fingerprint density at radius 3 is 2.60 bits per heavy atom. The van der Waals surface area contributed by atoms with Crippen LogP contribution in [0.5, 0.6) is 0 Å². The van der Waals surface area contributed by atoms with Crippen molar-refractivity contribution in [3.8, 4) is 0 Å². The maximum Gasteiger partial charge on any atom is 0.315 e. The van der Waals surface area contributed by atoms with E-state index in [4.69, 9.17) is 0 Å². The van der Waals surface area contributed by atoms with Crippen molar-refractivity contribution in [2.75, 3.05) is 6.54 Å². The number of carbonyl (C=O) groups is 1. The van der Waals surface area contributed by atoms with Gasteiger partial charge in [-0.15, -0.1) is 0 Å². The molecule has 0 aliphatic heterocycles. The number of rotatable bonds is 6. The fourth-order valence-corrected chi connectivity index (χ4v) is 1.92. The predicted octanol–water partition coefficient (Wildman–Crippen LogP) is 2.59. The van der Waals surface area contributed by atoms with E-state index in [1.807, 2.05) is 45.0 Å². The second-order valence-electron chi connectivity index (χ2n) is 5.63. The Hall–Kier alpha value is -1.55. The zero-order valence-electron chi connectivity index (χ0n) is 12.9. The molecule has 0 fully saturated rings. The van der Waals surface area contributed by atoms with Gasteiger partial charge >= 0.3 is 6.03 Å². The standard InChI is InChI=1S/C16H26N2O2/c1-5-13(3)16(4,20)11-18-15(19)17-10-14-9-7-6-8-12(14)2/h6-9,13,20H,5,10-11H2,1-4H3,(H2,17,18,19). The van der Waals surface area contributed by atoms with Gasteiger partial charge in [-0.25, -0.2) is 4.79 Å². The Bertz CT molecular complexity index is 444. The maximum absolute atomic E-state index is 11.8. The van der Waals surface area contributed by atoms with Gasteiger partial charge in [-0.2, -0.15) is 0 Å². The summed E-state index contributed by atoms with van der Waals surface area (Å²) in [5, 5.41) is 15.8. The Labute approximate surface area is 121 Å². The summed E-state index contributed by atoms with van der Waals surface area (Å²) in [6.07, 6.45) is 0.875. The number of benzene rings is 1. The van der Waals surface area contributed by atoms with Gasteiger partial charge < -0.3 is 15.7 Å². The third kappa shape index (κ3) is 4.85. The summed E-state index contributed by atoms with van der Waals surface area (Å²) in [5.41, 5.74) is 1.37. The lowest BCUT2D eigenvalue weighted by Gasteiger charge is -2.29. The summed E-state index contributed by atoms with van der Waals surface area (Å²) >= 11 is 0. The van der Waals surface area contributed by atoms with Crippen LogP contribution in [0.2, 0.25) is 0 Å². The van der Waals surface area contributed by atoms with Gasteiger partial charge in [0, 0.05) is 13.1 Å². The Balaban J connectivity index is 2.40. The van der Waals surface area contributed by atoms with Crippen LogP contribution >= 0.6 is 0 Å². The average molecular weight is 278 g/mol. The topological polar surface area (TPSA) is 61.4 Å². The SMILES string of the molecule is CCC(C)C(C)(O)CNC(=O)NCc1ccccc1C. The summed E-state index contributed by atoms with van der Waals surface area (Å²) < 4.78 is 0. The van der Waals surface area contributed by atoms with Crippen molar-refractivity contribution in [2.45, 2.75) is 46.3 Å². The van der Waals surface area contributed by atoms with E-state index < -0.39 is 5.60 Å². The van der Waals surface area contributed by atoms with Gasteiger partial charge in [0.2, 0.25) is 0 Å². The molecule has 2 atom stereocenters. The molecule has 0 saturated heterocycles. The molecule has 3 N–H and O–H groups in total. The first-order chi connectivity index (χ1) is 9.36. The van der Waals surface area contributed by atoms with E-state index in [1.54, 1.807) is 6.92 Å². The fraction of sp³-hybridized carbons (Fsp3) is 0.562. The monoisotopic (exact) mass is 278 g/mol. The summed E-state index contributed by atoms with van der Waals surface area (Å²) in [7, 11) is 0. The molecule has 2 amide bonds. The van der Waals surface area contributed by atoms with Gasteiger partial charge in [0.25, 0.3) is 0 Å². The first kappa shape index (κ1) is 16.5. The van der Waals surface area contributed by atoms with Gasteiger partial charge in [-0.05, 0) is 30.9 Å². The highest BCUT2D eigenvalue weighted by atomic mass is 16.3. The second-order valence-corrected chi connectivity index (χ2v) is 5.63. The predicted molar refractivity (Wildman–Crippen MR) is 81.5 cm³/mol. The first-order valence-corrected chi connectivity index (χ1v) is 7.15. The highest BCUT2D eigenvalue weighted by Gasteiger charge is 2.27. The molecule has 0 saturated carbocycles. The number of hydrogen-bond donors (Lipinski definition) is 3. The molecule has 1 aromatic carbocycles. The molecule has 0 radical (unpaired) electrons. The van der Waals surface area contributed by atoms with Gasteiger partial charge in [-0.3, -0.25) is 0 Å². The maximum atomic E-state index is 11.8. The lowest BCUT2D eigenvalue weighted by molar-refractivity contribution is 0.00790. The molecule has 4 heteroatoms. The third-order valence-corrected chi connectivity index (χ3v) is 3.98. The van der Waals surface area contributed by atoms with Crippen LogP contribution in [0.4, 0.5) is 4.79 Å². The number of nitrogens with one attached hydrogen (secondary N) is 2. The van der Waals surface area contributed by atoms with Crippen molar-refractivity contribution in [3.63, 3.8) is 0 Å². The molecule has 0 heterocycles. The number of carbonyl (C=O) groups excluding carboxylic acids is 1. The molecular formula is C16H26N2O2. The van der Waals surface area contributed by atoms with Crippen LogP contribution in [0, 0.1) is 12.8 Å². The molecular weight excluding hydrogens is 252 g/mol. The van der Waals surface area contributed by atoms with Gasteiger partial charge in [0.15, 0.2) is 0 Å². The Kier molecular flexibility index (Phi) is 6.02. The number of hydrogen-bond acceptors (Lipinski definition) is 2. The minimum Gasteiger partial charge on any atom is -0.388 e. The summed E-state index contributed by atoms with van der Waals surface area (Å²) in [6.45, 7) is 8.52. The van der Waals surface area contributed by atoms with Crippen molar-refractivity contribution in [3.05, 3.63) is 35.4 Å². The minimum absolute atomic E-state index is 0.138. The molecule has 1 rings (SSSR count). The Morgan fingerprint density at radius 2 is 2.00 bits per heavy atom. The highest BCUT2D eigenvalue weighted by Crippen LogP contribution is 2.18. The normalized spacial score (nSPS) is 15.2. The van der Waals surface area contributed by atoms with Gasteiger partial charge in [0.1, 0.15) is 0 Å². The zero-order valence-corrected chi connectivity index (χ0v) is 12.9. The minimum atomic E-state index is -0.880. The number of aliphatic hydroxyl groups is 1. The van der Waals surface area contributed by atoms with Crippen molar-refractivity contribution in [1.29, 1.82) is 0 Å². The second kappa shape index (κ2) is 7.29. The Morgan fingerprint density at radius 1 is 1.35 bits per heavy atom. The molecule has 0 aliphatic rings. The molecule has 0 aliphatic carbocycles. The van der Waals surface area contributed by atoms with Crippen LogP contribution < -0.4 is 10.6 Å². The average Bonchev–Trinajstić information content (AvgIpc) is 2.43. The molecule has 1 aromatic rings. The number of aryl methyl sites for hydroxylation is 1. The van der Waals surface area contributed by atoms with Crippen molar-refractivity contribution < 1.29 is 9.90 Å². The summed E-state index contributed by atoms with van der Waals surface area (Å²) in [4.78, 5) is 11.8. The van der Waals surface area contributed by atoms with E-state index in [1.165, 1.54) is 0 Å². The smallest absolute Gasteiger partial charge is 0.315 e. The van der Waals surface area contributed by atoms with Crippen molar-refractivity contribution in [1.82, 2.24) is 10.6 Å². The molecule has 0 spiro atoms. The van der Waals surface area contributed by atoms with E-state index in [-0.39, 0.29) is 18.5 Å². The number of amides is 2.